The summed E-state index contributed by atoms with van der Waals surface area (Å²) in [6.07, 6.45) is 1.71. The maximum Gasteiger partial charge on any atom is 0.0929 e. The molecule has 0 fully saturated rings. The molecule has 3 aromatic carbocycles. The van der Waals surface area contributed by atoms with Gasteiger partial charge >= 0.3 is 0 Å². The number of halogens is 2. The molecule has 0 unspecified atom stereocenters. The van der Waals surface area contributed by atoms with Gasteiger partial charge in [-0.15, -0.1) is 0 Å². The van der Waals surface area contributed by atoms with Crippen LogP contribution in [0.25, 0.3) is 33.5 Å². The zero-order valence-electron chi connectivity index (χ0n) is 14.1. The van der Waals surface area contributed by atoms with Crippen molar-refractivity contribution in [3.8, 4) is 33.5 Å². The molecule has 0 bridgehead atoms. The maximum atomic E-state index is 6.57. The number of aryl methyl sites for hydroxylation is 1. The van der Waals surface area contributed by atoms with E-state index < -0.39 is 0 Å². The van der Waals surface area contributed by atoms with Crippen LogP contribution in [-0.4, -0.2) is 9.97 Å². The molecular formula is C22H16Cl2N2. The fraction of sp³-hybridized carbons (Fsp3) is 0.0455. The summed E-state index contributed by atoms with van der Waals surface area (Å²) in [6.45, 7) is 2.01. The minimum atomic E-state index is 0.700. The molecule has 0 saturated carbocycles. The molecule has 4 rings (SSSR count). The SMILES string of the molecule is Cc1[nH]cnc1-c1ccc(-c2ccc(-c3ccccc3Cl)cc2Cl)cc1. The van der Waals surface area contributed by atoms with Gasteiger partial charge in [0.05, 0.1) is 12.0 Å². The third kappa shape index (κ3) is 3.14. The number of aromatic amines is 1. The predicted octanol–water partition coefficient (Wildman–Crippen LogP) is 7.03. The van der Waals surface area contributed by atoms with Gasteiger partial charge in [-0.25, -0.2) is 4.98 Å². The van der Waals surface area contributed by atoms with Gasteiger partial charge in [-0.2, -0.15) is 0 Å². The Labute approximate surface area is 162 Å². The Balaban J connectivity index is 1.68. The second-order valence-corrected chi connectivity index (χ2v) is 6.94. The highest BCUT2D eigenvalue weighted by Crippen LogP contribution is 2.35. The predicted molar refractivity (Wildman–Crippen MR) is 110 cm³/mol. The van der Waals surface area contributed by atoms with Crippen LogP contribution in [0, 0.1) is 6.92 Å². The Morgan fingerprint density at radius 2 is 1.38 bits per heavy atom. The number of benzene rings is 3. The second kappa shape index (κ2) is 6.99. The Bertz CT molecular complexity index is 1070. The summed E-state index contributed by atoms with van der Waals surface area (Å²) in [7, 11) is 0. The van der Waals surface area contributed by atoms with E-state index in [9.17, 15) is 0 Å². The van der Waals surface area contributed by atoms with Crippen LogP contribution < -0.4 is 0 Å². The second-order valence-electron chi connectivity index (χ2n) is 6.13. The zero-order chi connectivity index (χ0) is 18.1. The van der Waals surface area contributed by atoms with Gasteiger partial charge in [0.2, 0.25) is 0 Å². The number of nitrogens with one attached hydrogen (secondary N) is 1. The van der Waals surface area contributed by atoms with Gasteiger partial charge in [-0.05, 0) is 30.2 Å². The summed E-state index contributed by atoms with van der Waals surface area (Å²) in [5.41, 5.74) is 7.15. The highest BCUT2D eigenvalue weighted by atomic mass is 35.5. The molecule has 1 aromatic heterocycles. The van der Waals surface area contributed by atoms with Crippen molar-refractivity contribution < 1.29 is 0 Å². The van der Waals surface area contributed by atoms with E-state index in [-0.39, 0.29) is 0 Å². The molecule has 128 valence electrons. The monoisotopic (exact) mass is 378 g/mol. The highest BCUT2D eigenvalue weighted by molar-refractivity contribution is 6.34. The van der Waals surface area contributed by atoms with E-state index in [0.29, 0.717) is 5.02 Å². The Morgan fingerprint density at radius 1 is 0.731 bits per heavy atom. The van der Waals surface area contributed by atoms with Gasteiger partial charge in [-0.3, -0.25) is 0 Å². The fourth-order valence-corrected chi connectivity index (χ4v) is 3.60. The van der Waals surface area contributed by atoms with Gasteiger partial charge in [0.25, 0.3) is 0 Å². The minimum Gasteiger partial charge on any atom is -0.348 e. The first-order valence-corrected chi connectivity index (χ1v) is 9.04. The van der Waals surface area contributed by atoms with Crippen molar-refractivity contribution in [3.05, 3.63) is 88.8 Å². The summed E-state index contributed by atoms with van der Waals surface area (Å²) in [5, 5.41) is 1.42. The van der Waals surface area contributed by atoms with E-state index in [2.05, 4.69) is 34.2 Å². The van der Waals surface area contributed by atoms with Crippen LogP contribution in [0.1, 0.15) is 5.69 Å². The molecule has 0 aliphatic heterocycles. The van der Waals surface area contributed by atoms with Crippen LogP contribution in [0.15, 0.2) is 73.1 Å². The number of aromatic nitrogens is 2. The molecule has 0 aliphatic rings. The first-order chi connectivity index (χ1) is 12.6. The van der Waals surface area contributed by atoms with Crippen molar-refractivity contribution >= 4 is 23.2 Å². The molecule has 4 aromatic rings. The lowest BCUT2D eigenvalue weighted by molar-refractivity contribution is 1.25. The highest BCUT2D eigenvalue weighted by Gasteiger charge is 2.09. The van der Waals surface area contributed by atoms with Crippen LogP contribution in [0.2, 0.25) is 10.0 Å². The maximum absolute atomic E-state index is 6.57. The normalized spacial score (nSPS) is 10.9. The van der Waals surface area contributed by atoms with Crippen molar-refractivity contribution in [1.29, 1.82) is 0 Å². The van der Waals surface area contributed by atoms with Gasteiger partial charge < -0.3 is 4.98 Å². The summed E-state index contributed by atoms with van der Waals surface area (Å²) < 4.78 is 0. The Hall–Kier alpha value is -2.55. The van der Waals surface area contributed by atoms with Crippen LogP contribution in [-0.2, 0) is 0 Å². The molecule has 0 amide bonds. The van der Waals surface area contributed by atoms with Crippen LogP contribution in [0.4, 0.5) is 0 Å². The third-order valence-corrected chi connectivity index (χ3v) is 5.10. The Kier molecular flexibility index (Phi) is 4.54. The van der Waals surface area contributed by atoms with E-state index in [1.807, 2.05) is 49.4 Å². The number of imidazole rings is 1. The van der Waals surface area contributed by atoms with Crippen LogP contribution >= 0.6 is 23.2 Å². The summed E-state index contributed by atoms with van der Waals surface area (Å²) in [4.78, 5) is 7.47. The summed E-state index contributed by atoms with van der Waals surface area (Å²) in [6, 6.07) is 22.1. The van der Waals surface area contributed by atoms with Crippen LogP contribution in [0.5, 0.6) is 0 Å². The quantitative estimate of drug-likeness (QED) is 0.407. The third-order valence-electron chi connectivity index (χ3n) is 4.45. The zero-order valence-corrected chi connectivity index (χ0v) is 15.6. The topological polar surface area (TPSA) is 28.7 Å². The first-order valence-electron chi connectivity index (χ1n) is 8.29. The Morgan fingerprint density at radius 3 is 2.04 bits per heavy atom. The molecular weight excluding hydrogens is 363 g/mol. The van der Waals surface area contributed by atoms with E-state index >= 15 is 0 Å². The lowest BCUT2D eigenvalue weighted by Gasteiger charge is -2.10. The van der Waals surface area contributed by atoms with E-state index in [1.54, 1.807) is 6.33 Å². The van der Waals surface area contributed by atoms with Gasteiger partial charge in [0.1, 0.15) is 0 Å². The molecule has 0 saturated heterocycles. The summed E-state index contributed by atoms with van der Waals surface area (Å²) in [5.74, 6) is 0. The molecule has 0 spiro atoms. The molecule has 0 radical (unpaired) electrons. The van der Waals surface area contributed by atoms with Crippen molar-refractivity contribution in [2.45, 2.75) is 6.92 Å². The van der Waals surface area contributed by atoms with Crippen molar-refractivity contribution in [1.82, 2.24) is 9.97 Å². The van der Waals surface area contributed by atoms with E-state index in [0.717, 1.165) is 44.2 Å². The first kappa shape index (κ1) is 16.9. The lowest BCUT2D eigenvalue weighted by atomic mass is 9.99. The molecule has 1 N–H and O–H groups in total. The average molecular weight is 379 g/mol. The van der Waals surface area contributed by atoms with Crippen molar-refractivity contribution in [3.63, 3.8) is 0 Å². The summed E-state index contributed by atoms with van der Waals surface area (Å²) >= 11 is 12.9. The number of rotatable bonds is 3. The number of hydrogen-bond donors (Lipinski definition) is 1. The van der Waals surface area contributed by atoms with Crippen molar-refractivity contribution in [2.24, 2.45) is 0 Å². The molecule has 0 atom stereocenters. The largest absolute Gasteiger partial charge is 0.348 e. The van der Waals surface area contributed by atoms with Gasteiger partial charge in [-0.1, -0.05) is 77.8 Å². The van der Waals surface area contributed by atoms with E-state index in [4.69, 9.17) is 23.2 Å². The molecule has 2 nitrogen and oxygen atoms in total. The average Bonchev–Trinajstić information content (AvgIpc) is 3.08. The number of hydrogen-bond acceptors (Lipinski definition) is 1. The lowest BCUT2D eigenvalue weighted by Crippen LogP contribution is -1.85. The molecule has 4 heteroatoms. The van der Waals surface area contributed by atoms with Crippen molar-refractivity contribution in [2.75, 3.05) is 0 Å². The minimum absolute atomic E-state index is 0.700. The van der Waals surface area contributed by atoms with Gasteiger partial charge in [0.15, 0.2) is 0 Å². The number of nitrogens with zero attached hydrogens (tertiary/aromatic N) is 1. The van der Waals surface area contributed by atoms with E-state index in [1.165, 1.54) is 0 Å². The van der Waals surface area contributed by atoms with Gasteiger partial charge in [0, 0.05) is 32.4 Å². The number of H-pyrrole nitrogens is 1. The fourth-order valence-electron chi connectivity index (χ4n) is 3.07. The molecule has 1 heterocycles. The van der Waals surface area contributed by atoms with Crippen LogP contribution in [0.3, 0.4) is 0 Å². The molecule has 0 aliphatic carbocycles. The smallest absolute Gasteiger partial charge is 0.0929 e. The standard InChI is InChI=1S/C22H16Cl2N2/c1-14-22(26-13-25-14)16-8-6-15(7-9-16)19-11-10-17(12-21(19)24)18-4-2-3-5-20(18)23/h2-13H,1H3,(H,25,26). The molecule has 26 heavy (non-hydrogen) atoms.